The van der Waals surface area contributed by atoms with Crippen molar-refractivity contribution in [3.63, 3.8) is 0 Å². The number of fused-ring (bicyclic) bond motifs is 1. The predicted molar refractivity (Wildman–Crippen MR) is 80.9 cm³/mol. The topological polar surface area (TPSA) is 64.4 Å². The molecule has 1 fully saturated rings. The number of carbonyl (C=O) groups excluding carboxylic acids is 2. The monoisotopic (exact) mass is 303 g/mol. The van der Waals surface area contributed by atoms with Crippen molar-refractivity contribution >= 4 is 11.8 Å². The highest BCUT2D eigenvalue weighted by molar-refractivity contribution is 6.11. The van der Waals surface area contributed by atoms with Crippen LogP contribution in [-0.4, -0.2) is 47.1 Å². The molecule has 0 aromatic carbocycles. The number of ether oxygens (including phenoxy) is 1. The van der Waals surface area contributed by atoms with Gasteiger partial charge in [-0.2, -0.15) is 5.10 Å². The number of esters is 1. The first kappa shape index (κ1) is 14.8. The fourth-order valence-corrected chi connectivity index (χ4v) is 2.85. The van der Waals surface area contributed by atoms with Gasteiger partial charge >= 0.3 is 5.97 Å². The number of rotatable bonds is 4. The first-order chi connectivity index (χ1) is 10.5. The number of carbonyl (C=O) groups is 2. The Kier molecular flexibility index (Phi) is 3.76. The van der Waals surface area contributed by atoms with Crippen LogP contribution in [0.5, 0.6) is 0 Å². The number of ketones is 1. The van der Waals surface area contributed by atoms with Gasteiger partial charge in [0.1, 0.15) is 5.69 Å². The highest BCUT2D eigenvalue weighted by Gasteiger charge is 2.37. The average molecular weight is 303 g/mol. The first-order valence-electron chi connectivity index (χ1n) is 7.73. The van der Waals surface area contributed by atoms with Crippen LogP contribution in [0.4, 0.5) is 0 Å². The molecule has 0 atom stereocenters. The highest BCUT2D eigenvalue weighted by atomic mass is 16.5. The third kappa shape index (κ3) is 2.53. The molecular formula is C16H21N3O3. The van der Waals surface area contributed by atoms with Crippen LogP contribution in [0.25, 0.3) is 0 Å². The highest BCUT2D eigenvalue weighted by Crippen LogP contribution is 2.39. The maximum absolute atomic E-state index is 12.8. The Bertz CT molecular complexity index is 654. The number of nitrogens with zero attached hydrogens (tertiary/aromatic N) is 3. The van der Waals surface area contributed by atoms with Gasteiger partial charge in [0, 0.05) is 31.4 Å². The molecular weight excluding hydrogens is 282 g/mol. The van der Waals surface area contributed by atoms with E-state index in [1.807, 2.05) is 25.2 Å². The molecule has 0 amide bonds. The summed E-state index contributed by atoms with van der Waals surface area (Å²) in [6.07, 6.45) is 5.17. The number of allylic oxidation sites excluding steroid dienone is 1. The van der Waals surface area contributed by atoms with Gasteiger partial charge in [-0.3, -0.25) is 9.48 Å². The van der Waals surface area contributed by atoms with Crippen LogP contribution < -0.4 is 0 Å². The van der Waals surface area contributed by atoms with Crippen molar-refractivity contribution in [1.29, 1.82) is 0 Å². The molecule has 1 saturated carbocycles. The molecule has 118 valence electrons. The summed E-state index contributed by atoms with van der Waals surface area (Å²) in [7, 11) is 3.80. The number of aromatic nitrogens is 2. The largest absolute Gasteiger partial charge is 0.461 e. The lowest BCUT2D eigenvalue weighted by Gasteiger charge is -2.18. The van der Waals surface area contributed by atoms with E-state index in [9.17, 15) is 9.59 Å². The van der Waals surface area contributed by atoms with Crippen molar-refractivity contribution < 1.29 is 14.3 Å². The lowest BCUT2D eigenvalue weighted by Crippen LogP contribution is -2.20. The minimum absolute atomic E-state index is 0.00935. The summed E-state index contributed by atoms with van der Waals surface area (Å²) < 4.78 is 6.84. The second-order valence-electron chi connectivity index (χ2n) is 6.02. The van der Waals surface area contributed by atoms with Crippen molar-refractivity contribution in [2.24, 2.45) is 0 Å². The molecule has 2 aliphatic carbocycles. The molecule has 1 aromatic rings. The van der Waals surface area contributed by atoms with E-state index in [1.165, 1.54) is 0 Å². The molecule has 3 rings (SSSR count). The summed E-state index contributed by atoms with van der Waals surface area (Å²) in [5.41, 5.74) is 2.44. The Morgan fingerprint density at radius 2 is 2.14 bits per heavy atom. The van der Waals surface area contributed by atoms with E-state index >= 15 is 0 Å². The fraction of sp³-hybridized carbons (Fsp3) is 0.562. The van der Waals surface area contributed by atoms with Gasteiger partial charge in [0.15, 0.2) is 5.69 Å². The van der Waals surface area contributed by atoms with Crippen molar-refractivity contribution in [1.82, 2.24) is 14.7 Å². The van der Waals surface area contributed by atoms with E-state index < -0.39 is 5.97 Å². The molecule has 6 heteroatoms. The molecule has 0 aliphatic heterocycles. The molecule has 1 aromatic heterocycles. The van der Waals surface area contributed by atoms with Gasteiger partial charge in [-0.25, -0.2) is 4.79 Å². The minimum Gasteiger partial charge on any atom is -0.461 e. The Morgan fingerprint density at radius 1 is 1.41 bits per heavy atom. The molecule has 0 radical (unpaired) electrons. The SMILES string of the molecule is CCOC(=O)c1nn(C2CC2)c2c1CC/C(=C/N(C)C)C2=O. The minimum atomic E-state index is -0.425. The summed E-state index contributed by atoms with van der Waals surface area (Å²) in [4.78, 5) is 26.8. The third-order valence-electron chi connectivity index (χ3n) is 3.94. The zero-order valence-corrected chi connectivity index (χ0v) is 13.3. The number of hydrogen-bond donors (Lipinski definition) is 0. The lowest BCUT2D eigenvalue weighted by molar-refractivity contribution is 0.0517. The summed E-state index contributed by atoms with van der Waals surface area (Å²) >= 11 is 0. The summed E-state index contributed by atoms with van der Waals surface area (Å²) in [5, 5.41) is 4.42. The van der Waals surface area contributed by atoms with E-state index in [1.54, 1.807) is 11.6 Å². The summed E-state index contributed by atoms with van der Waals surface area (Å²) in [6.45, 7) is 2.08. The maximum Gasteiger partial charge on any atom is 0.359 e. The second-order valence-corrected chi connectivity index (χ2v) is 6.02. The second kappa shape index (κ2) is 5.59. The quantitative estimate of drug-likeness (QED) is 0.628. The number of Topliss-reactive ketones (excluding diaryl/α,β-unsaturated/α-hetero) is 1. The van der Waals surface area contributed by atoms with E-state index in [0.29, 0.717) is 30.8 Å². The predicted octanol–water partition coefficient (Wildman–Crippen LogP) is 1.97. The van der Waals surface area contributed by atoms with Crippen LogP contribution in [0.2, 0.25) is 0 Å². The zero-order valence-electron chi connectivity index (χ0n) is 13.3. The fourth-order valence-electron chi connectivity index (χ4n) is 2.85. The Labute approximate surface area is 129 Å². The maximum atomic E-state index is 12.8. The van der Waals surface area contributed by atoms with Crippen molar-refractivity contribution in [2.75, 3.05) is 20.7 Å². The van der Waals surface area contributed by atoms with E-state index in [-0.39, 0.29) is 11.8 Å². The van der Waals surface area contributed by atoms with Crippen molar-refractivity contribution in [3.05, 3.63) is 28.7 Å². The molecule has 2 aliphatic rings. The summed E-state index contributed by atoms with van der Waals surface area (Å²) in [6, 6.07) is 0.250. The van der Waals surface area contributed by atoms with Crippen LogP contribution in [0.1, 0.15) is 58.8 Å². The van der Waals surface area contributed by atoms with E-state index in [4.69, 9.17) is 4.74 Å². The van der Waals surface area contributed by atoms with Crippen molar-refractivity contribution in [2.45, 2.75) is 38.6 Å². The normalized spacial score (nSPS) is 19.2. The third-order valence-corrected chi connectivity index (χ3v) is 3.94. The Hall–Kier alpha value is -2.11. The molecule has 0 unspecified atom stereocenters. The van der Waals surface area contributed by atoms with Crippen LogP contribution >= 0.6 is 0 Å². The van der Waals surface area contributed by atoms with Crippen LogP contribution in [0.3, 0.4) is 0 Å². The molecule has 0 saturated heterocycles. The number of hydrogen-bond acceptors (Lipinski definition) is 5. The average Bonchev–Trinajstić information content (AvgIpc) is 3.22. The van der Waals surface area contributed by atoms with Gasteiger partial charge < -0.3 is 9.64 Å². The van der Waals surface area contributed by atoms with Gasteiger partial charge in [-0.1, -0.05) is 0 Å². The van der Waals surface area contributed by atoms with E-state index in [2.05, 4.69) is 5.10 Å². The van der Waals surface area contributed by atoms with Gasteiger partial charge in [-0.05, 0) is 32.6 Å². The van der Waals surface area contributed by atoms with Gasteiger partial charge in [0.05, 0.1) is 12.6 Å². The van der Waals surface area contributed by atoms with E-state index in [0.717, 1.165) is 24.0 Å². The molecule has 6 nitrogen and oxygen atoms in total. The van der Waals surface area contributed by atoms with Crippen molar-refractivity contribution in [3.8, 4) is 0 Å². The standard InChI is InChI=1S/C16H21N3O3/c1-4-22-16(21)13-12-8-5-10(9-18(2)3)15(20)14(12)19(17-13)11-6-7-11/h9,11H,4-8H2,1-3H3/b10-9-. The smallest absolute Gasteiger partial charge is 0.359 e. The molecule has 0 bridgehead atoms. The van der Waals surface area contributed by atoms with Gasteiger partial charge in [0.25, 0.3) is 0 Å². The molecule has 0 spiro atoms. The molecule has 0 N–H and O–H groups in total. The van der Waals surface area contributed by atoms with Gasteiger partial charge in [-0.15, -0.1) is 0 Å². The lowest BCUT2D eigenvalue weighted by atomic mass is 9.90. The molecule has 1 heterocycles. The van der Waals surface area contributed by atoms with Crippen LogP contribution in [0.15, 0.2) is 11.8 Å². The van der Waals surface area contributed by atoms with Gasteiger partial charge in [0.2, 0.25) is 5.78 Å². The zero-order chi connectivity index (χ0) is 15.9. The first-order valence-corrected chi connectivity index (χ1v) is 7.73. The van der Waals surface area contributed by atoms with Crippen LogP contribution in [0, 0.1) is 0 Å². The van der Waals surface area contributed by atoms with Crippen LogP contribution in [-0.2, 0) is 11.2 Å². The Balaban J connectivity index is 2.05. The molecule has 22 heavy (non-hydrogen) atoms. The Morgan fingerprint density at radius 3 is 2.73 bits per heavy atom. The summed E-state index contributed by atoms with van der Waals surface area (Å²) in [5.74, 6) is -0.434.